The van der Waals surface area contributed by atoms with E-state index in [4.69, 9.17) is 4.74 Å². The van der Waals surface area contributed by atoms with Crippen LogP contribution in [-0.4, -0.2) is 27.0 Å². The zero-order valence-electron chi connectivity index (χ0n) is 16.9. The molecule has 1 aromatic carbocycles. The molecule has 2 aliphatic rings. The highest BCUT2D eigenvalue weighted by molar-refractivity contribution is 5.74. The van der Waals surface area contributed by atoms with Crippen LogP contribution in [0.5, 0.6) is 11.5 Å². The Balaban J connectivity index is 2.34. The average Bonchev–Trinajstić information content (AvgIpc) is 2.81. The fraction of sp³-hybridized carbons (Fsp3) is 0.565. The Bertz CT molecular complexity index is 792. The molecule has 148 valence electrons. The molecule has 0 aromatic heterocycles. The fourth-order valence-corrected chi connectivity index (χ4v) is 5.47. The molecule has 4 nitrogen and oxygen atoms in total. The van der Waals surface area contributed by atoms with Crippen LogP contribution in [0.3, 0.4) is 0 Å². The van der Waals surface area contributed by atoms with Gasteiger partial charge in [0.1, 0.15) is 23.4 Å². The number of hydrogen-bond acceptors (Lipinski definition) is 4. The lowest BCUT2D eigenvalue weighted by molar-refractivity contribution is -0.0715. The topological polar surface area (TPSA) is 69.9 Å². The number of aryl methyl sites for hydroxylation is 1. The van der Waals surface area contributed by atoms with E-state index < -0.39 is 17.1 Å². The quantitative estimate of drug-likeness (QED) is 0.513. The van der Waals surface area contributed by atoms with Gasteiger partial charge in [0.25, 0.3) is 0 Å². The maximum absolute atomic E-state index is 11.2. The van der Waals surface area contributed by atoms with Crippen LogP contribution in [-0.2, 0) is 11.8 Å². The van der Waals surface area contributed by atoms with Gasteiger partial charge in [0, 0.05) is 11.0 Å². The minimum absolute atomic E-state index is 0.0560. The zero-order chi connectivity index (χ0) is 20.1. The molecule has 0 saturated heterocycles. The second-order valence-corrected chi connectivity index (χ2v) is 8.76. The largest absolute Gasteiger partial charge is 0.508 e. The Morgan fingerprint density at radius 1 is 1.33 bits per heavy atom. The highest BCUT2D eigenvalue weighted by Gasteiger charge is 2.60. The smallest absolute Gasteiger partial charge is 0.138 e. The highest BCUT2D eigenvalue weighted by Crippen LogP contribution is 2.60. The van der Waals surface area contributed by atoms with E-state index in [9.17, 15) is 15.3 Å². The molecule has 3 N–H and O–H groups in total. The summed E-state index contributed by atoms with van der Waals surface area (Å²) in [7, 11) is 0. The maximum Gasteiger partial charge on any atom is 0.138 e. The van der Waals surface area contributed by atoms with Gasteiger partial charge in [0.15, 0.2) is 0 Å². The third-order valence-corrected chi connectivity index (χ3v) is 6.53. The summed E-state index contributed by atoms with van der Waals surface area (Å²) in [5.74, 6) is 0.612. The van der Waals surface area contributed by atoms with E-state index in [0.29, 0.717) is 29.7 Å². The summed E-state index contributed by atoms with van der Waals surface area (Å²) >= 11 is 0. The first kappa shape index (κ1) is 19.8. The van der Waals surface area contributed by atoms with Gasteiger partial charge >= 0.3 is 0 Å². The van der Waals surface area contributed by atoms with Gasteiger partial charge < -0.3 is 20.1 Å². The molecule has 0 radical (unpaired) electrons. The maximum atomic E-state index is 11.2. The standard InChI is InChI=1S/C23H32O4/c1-7-9-15-12-17(25)19-20(18(15)14(4)24)27-21-22(5,26)11-8-10-16(13(2)3)23(19,21)6/h12,16,21,24-26H,2,4,7-11H2,1,3,5-6H3/t16?,21-,22+,23-/m1/s1. The first-order valence-electron chi connectivity index (χ1n) is 9.87. The Morgan fingerprint density at radius 3 is 2.56 bits per heavy atom. The molecule has 1 unspecified atom stereocenters. The van der Waals surface area contributed by atoms with Crippen LogP contribution < -0.4 is 4.74 Å². The molecule has 1 saturated carbocycles. The zero-order valence-corrected chi connectivity index (χ0v) is 16.9. The summed E-state index contributed by atoms with van der Waals surface area (Å²) in [5.41, 5.74) is 1.35. The van der Waals surface area contributed by atoms with Gasteiger partial charge in [-0.1, -0.05) is 39.0 Å². The summed E-state index contributed by atoms with van der Waals surface area (Å²) < 4.78 is 6.38. The average molecular weight is 373 g/mol. The second kappa shape index (κ2) is 6.59. The molecular formula is C23H32O4. The van der Waals surface area contributed by atoms with Crippen molar-refractivity contribution in [2.24, 2.45) is 5.92 Å². The lowest BCUT2D eigenvalue weighted by Crippen LogP contribution is -2.53. The van der Waals surface area contributed by atoms with Gasteiger partial charge in [-0.3, -0.25) is 0 Å². The van der Waals surface area contributed by atoms with E-state index in [0.717, 1.165) is 30.4 Å². The van der Waals surface area contributed by atoms with Gasteiger partial charge in [-0.05, 0) is 57.1 Å². The monoisotopic (exact) mass is 372 g/mol. The highest BCUT2D eigenvalue weighted by atomic mass is 16.5. The summed E-state index contributed by atoms with van der Waals surface area (Å²) in [6.45, 7) is 15.8. The fourth-order valence-electron chi connectivity index (χ4n) is 5.47. The number of phenolic OH excluding ortho intramolecular Hbond substituents is 1. The molecule has 1 aliphatic heterocycles. The number of ether oxygens (including phenoxy) is 1. The van der Waals surface area contributed by atoms with Crippen molar-refractivity contribution in [1.82, 2.24) is 0 Å². The molecule has 4 heteroatoms. The third-order valence-electron chi connectivity index (χ3n) is 6.53. The molecule has 0 amide bonds. The van der Waals surface area contributed by atoms with Crippen LogP contribution in [0.25, 0.3) is 5.76 Å². The summed E-state index contributed by atoms with van der Waals surface area (Å²) in [6.07, 6.45) is 3.37. The number of phenols is 1. The van der Waals surface area contributed by atoms with Gasteiger partial charge in [-0.2, -0.15) is 0 Å². The molecule has 27 heavy (non-hydrogen) atoms. The first-order chi connectivity index (χ1) is 12.6. The summed E-state index contributed by atoms with van der Waals surface area (Å²) in [5, 5.41) is 32.6. The van der Waals surface area contributed by atoms with Crippen molar-refractivity contribution in [2.45, 2.75) is 76.9 Å². The number of rotatable bonds is 4. The van der Waals surface area contributed by atoms with E-state index in [1.54, 1.807) is 13.0 Å². The van der Waals surface area contributed by atoms with Crippen molar-refractivity contribution in [3.63, 3.8) is 0 Å². The summed E-state index contributed by atoms with van der Waals surface area (Å²) in [4.78, 5) is 0. The second-order valence-electron chi connectivity index (χ2n) is 8.76. The van der Waals surface area contributed by atoms with Crippen LogP contribution in [0.2, 0.25) is 0 Å². The number of aliphatic hydroxyl groups is 2. The van der Waals surface area contributed by atoms with Crippen LogP contribution in [0, 0.1) is 5.92 Å². The molecule has 3 rings (SSSR count). The van der Waals surface area contributed by atoms with Gasteiger partial charge in [0.2, 0.25) is 0 Å². The molecule has 1 aliphatic carbocycles. The molecule has 1 fully saturated rings. The number of aliphatic hydroxyl groups excluding tert-OH is 1. The SMILES string of the molecule is C=C(O)c1c(CCC)cc(O)c2c1O[C@@H]1[C@@](C)(O)CCCC(C(=C)C)[C@]21C. The minimum atomic E-state index is -1.05. The molecule has 4 atom stereocenters. The van der Waals surface area contributed by atoms with Crippen LogP contribution in [0.4, 0.5) is 0 Å². The van der Waals surface area contributed by atoms with E-state index >= 15 is 0 Å². The normalized spacial score (nSPS) is 32.2. The first-order valence-corrected chi connectivity index (χ1v) is 9.87. The Hall–Kier alpha value is -1.94. The minimum Gasteiger partial charge on any atom is -0.508 e. The number of fused-ring (bicyclic) bond motifs is 3. The van der Waals surface area contributed by atoms with Crippen LogP contribution in [0.15, 0.2) is 24.8 Å². The summed E-state index contributed by atoms with van der Waals surface area (Å²) in [6, 6.07) is 1.73. The molecular weight excluding hydrogens is 340 g/mol. The Labute approximate surface area is 162 Å². The van der Waals surface area contributed by atoms with Crippen molar-refractivity contribution in [3.05, 3.63) is 41.5 Å². The number of aromatic hydroxyl groups is 1. The van der Waals surface area contributed by atoms with Crippen molar-refractivity contribution >= 4 is 5.76 Å². The molecule has 0 spiro atoms. The number of benzene rings is 1. The van der Waals surface area contributed by atoms with Gasteiger partial charge in [-0.15, -0.1) is 0 Å². The predicted octanol–water partition coefficient (Wildman–Crippen LogP) is 5.02. The van der Waals surface area contributed by atoms with Crippen molar-refractivity contribution in [1.29, 1.82) is 0 Å². The van der Waals surface area contributed by atoms with Gasteiger partial charge in [-0.25, -0.2) is 0 Å². The molecule has 0 bridgehead atoms. The Kier molecular flexibility index (Phi) is 4.84. The number of hydrogen-bond donors (Lipinski definition) is 3. The lowest BCUT2D eigenvalue weighted by Gasteiger charge is -2.41. The molecule has 1 heterocycles. The van der Waals surface area contributed by atoms with E-state index in [2.05, 4.69) is 13.2 Å². The van der Waals surface area contributed by atoms with E-state index in [1.165, 1.54) is 0 Å². The van der Waals surface area contributed by atoms with Gasteiger partial charge in [0.05, 0.1) is 11.2 Å². The van der Waals surface area contributed by atoms with Crippen molar-refractivity contribution in [2.75, 3.05) is 0 Å². The number of allylic oxidation sites excluding steroid dienone is 1. The van der Waals surface area contributed by atoms with Crippen molar-refractivity contribution in [3.8, 4) is 11.5 Å². The third kappa shape index (κ3) is 2.85. The predicted molar refractivity (Wildman–Crippen MR) is 108 cm³/mol. The van der Waals surface area contributed by atoms with Crippen LogP contribution >= 0.6 is 0 Å². The van der Waals surface area contributed by atoms with E-state index in [1.807, 2.05) is 20.8 Å². The lowest BCUT2D eigenvalue weighted by atomic mass is 9.63. The van der Waals surface area contributed by atoms with Crippen molar-refractivity contribution < 1.29 is 20.1 Å². The van der Waals surface area contributed by atoms with E-state index in [-0.39, 0.29) is 17.4 Å². The Morgan fingerprint density at radius 2 is 2.00 bits per heavy atom. The molecule has 1 aromatic rings. The van der Waals surface area contributed by atoms with Crippen LogP contribution in [0.1, 0.15) is 70.1 Å².